The Bertz CT molecular complexity index is 1270. The number of carbonyl (C=O) groups is 2. The molecule has 0 unspecified atom stereocenters. The summed E-state index contributed by atoms with van der Waals surface area (Å²) in [6.45, 7) is 2.21. The van der Waals surface area contributed by atoms with Crippen molar-refractivity contribution in [1.29, 1.82) is 0 Å². The Labute approximate surface area is 204 Å². The van der Waals surface area contributed by atoms with Gasteiger partial charge in [-0.3, -0.25) is 14.6 Å². The van der Waals surface area contributed by atoms with E-state index in [0.717, 1.165) is 0 Å². The first-order chi connectivity index (χ1) is 16.9. The normalized spacial score (nSPS) is 15.5. The molecule has 0 spiro atoms. The Morgan fingerprint density at radius 2 is 1.92 bits per heavy atom. The number of aromatic amines is 1. The van der Waals surface area contributed by atoms with Gasteiger partial charge in [0, 0.05) is 47.8 Å². The smallest absolute Gasteiger partial charge is 0.388 e. The molecule has 1 aliphatic carbocycles. The van der Waals surface area contributed by atoms with Crippen molar-refractivity contribution < 1.29 is 27.9 Å². The molecule has 3 aromatic rings. The van der Waals surface area contributed by atoms with Gasteiger partial charge >= 0.3 is 6.18 Å². The zero-order valence-corrected chi connectivity index (χ0v) is 19.7. The number of H-pyrrole nitrogens is 1. The summed E-state index contributed by atoms with van der Waals surface area (Å²) in [6.07, 6.45) is 3.04. The van der Waals surface area contributed by atoms with Crippen LogP contribution in [-0.2, 0) is 4.79 Å². The average molecular weight is 505 g/mol. The molecule has 4 rings (SSSR count). The topological polar surface area (TPSA) is 132 Å². The van der Waals surface area contributed by atoms with Crippen LogP contribution in [-0.4, -0.2) is 62.8 Å². The predicted molar refractivity (Wildman–Crippen MR) is 127 cm³/mol. The zero-order chi connectivity index (χ0) is 26.1. The third-order valence-electron chi connectivity index (χ3n) is 5.98. The summed E-state index contributed by atoms with van der Waals surface area (Å²) in [5, 5.41) is 18.2. The molecule has 1 aliphatic rings. The minimum absolute atomic E-state index is 0.176. The second-order valence-electron chi connectivity index (χ2n) is 9.39. The molecule has 3 aromatic heterocycles. The van der Waals surface area contributed by atoms with Gasteiger partial charge in [0.1, 0.15) is 18.2 Å². The highest BCUT2D eigenvalue weighted by atomic mass is 19.4. The number of aromatic nitrogens is 3. The highest BCUT2D eigenvalue weighted by Crippen LogP contribution is 2.34. The number of carbonyl (C=O) groups excluding carboxylic acids is 2. The van der Waals surface area contributed by atoms with Crippen molar-refractivity contribution >= 4 is 28.5 Å². The number of hydrogen-bond donors (Lipinski definition) is 5. The van der Waals surface area contributed by atoms with Crippen LogP contribution in [0.5, 0.6) is 0 Å². The lowest BCUT2D eigenvalue weighted by Crippen LogP contribution is -2.46. The maximum Gasteiger partial charge on any atom is 0.405 e. The van der Waals surface area contributed by atoms with Crippen molar-refractivity contribution in [2.45, 2.75) is 44.5 Å². The van der Waals surface area contributed by atoms with E-state index in [9.17, 15) is 27.9 Å². The van der Waals surface area contributed by atoms with Crippen LogP contribution in [0.1, 0.15) is 37.0 Å². The van der Waals surface area contributed by atoms with E-state index in [2.05, 4.69) is 25.6 Å². The summed E-state index contributed by atoms with van der Waals surface area (Å²) >= 11 is 0. The van der Waals surface area contributed by atoms with Crippen molar-refractivity contribution in [1.82, 2.24) is 25.6 Å². The van der Waals surface area contributed by atoms with E-state index in [0.29, 0.717) is 46.3 Å². The number of pyridine rings is 2. The lowest BCUT2D eigenvalue weighted by atomic mass is 10.0. The summed E-state index contributed by atoms with van der Waals surface area (Å²) in [4.78, 5) is 36.5. The highest BCUT2D eigenvalue weighted by Gasteiger charge is 2.40. The fraction of sp³-hybridized carbons (Fsp3) is 0.417. The van der Waals surface area contributed by atoms with Crippen LogP contribution < -0.4 is 16.0 Å². The Morgan fingerprint density at radius 1 is 1.17 bits per heavy atom. The molecule has 36 heavy (non-hydrogen) atoms. The lowest BCUT2D eigenvalue weighted by Gasteiger charge is -2.23. The first-order valence-corrected chi connectivity index (χ1v) is 11.5. The van der Waals surface area contributed by atoms with E-state index >= 15 is 0 Å². The Kier molecular flexibility index (Phi) is 6.90. The number of fused-ring (bicyclic) bond motifs is 1. The van der Waals surface area contributed by atoms with Gasteiger partial charge < -0.3 is 26.0 Å². The van der Waals surface area contributed by atoms with Gasteiger partial charge in [0.15, 0.2) is 0 Å². The number of alkyl halides is 3. The van der Waals surface area contributed by atoms with Crippen LogP contribution in [0.3, 0.4) is 0 Å². The number of aliphatic hydroxyl groups is 1. The third kappa shape index (κ3) is 6.11. The third-order valence-corrected chi connectivity index (χ3v) is 5.98. The first kappa shape index (κ1) is 25.4. The highest BCUT2D eigenvalue weighted by molar-refractivity contribution is 6.01. The quantitative estimate of drug-likeness (QED) is 0.304. The number of anilines is 1. The molecule has 0 bridgehead atoms. The van der Waals surface area contributed by atoms with Gasteiger partial charge in [0.2, 0.25) is 5.91 Å². The molecule has 3 heterocycles. The fourth-order valence-electron chi connectivity index (χ4n) is 3.71. The van der Waals surface area contributed by atoms with Gasteiger partial charge in [-0.05, 0) is 30.9 Å². The summed E-state index contributed by atoms with van der Waals surface area (Å²) in [5.74, 6) is -1.42. The summed E-state index contributed by atoms with van der Waals surface area (Å²) < 4.78 is 37.6. The van der Waals surface area contributed by atoms with E-state index in [4.69, 9.17) is 0 Å². The monoisotopic (exact) mass is 504 g/mol. The largest absolute Gasteiger partial charge is 0.405 e. The first-order valence-electron chi connectivity index (χ1n) is 11.5. The van der Waals surface area contributed by atoms with Crippen molar-refractivity contribution in [2.24, 2.45) is 5.92 Å². The molecule has 2 amide bonds. The molecule has 12 heteroatoms. The number of hydrogen-bond acceptors (Lipinski definition) is 6. The Balaban J connectivity index is 1.54. The van der Waals surface area contributed by atoms with E-state index in [1.54, 1.807) is 38.4 Å². The average Bonchev–Trinajstić information content (AvgIpc) is 3.41. The van der Waals surface area contributed by atoms with Gasteiger partial charge in [0.25, 0.3) is 5.91 Å². The van der Waals surface area contributed by atoms with Gasteiger partial charge in [-0.25, -0.2) is 4.98 Å². The molecule has 1 saturated carbocycles. The van der Waals surface area contributed by atoms with Gasteiger partial charge in [-0.1, -0.05) is 13.8 Å². The molecule has 0 radical (unpaired) electrons. The van der Waals surface area contributed by atoms with Crippen LogP contribution in [0, 0.1) is 5.92 Å². The molecule has 192 valence electrons. The van der Waals surface area contributed by atoms with Crippen LogP contribution in [0.2, 0.25) is 0 Å². The van der Waals surface area contributed by atoms with E-state index < -0.39 is 30.3 Å². The van der Waals surface area contributed by atoms with Crippen molar-refractivity contribution in [3.63, 3.8) is 0 Å². The molecule has 1 atom stereocenters. The van der Waals surface area contributed by atoms with Crippen molar-refractivity contribution in [2.75, 3.05) is 18.4 Å². The van der Waals surface area contributed by atoms with E-state index in [1.807, 2.05) is 5.32 Å². The number of rotatable bonds is 9. The molecule has 0 saturated heterocycles. The maximum atomic E-state index is 12.5. The SMILES string of the molecule is CC(C)[C@@H](Nc1cncc(-c2c[nH]c3ncc(C(=O)NCC4(O)CC4)cc23)c1)C(=O)NCC(F)(F)F. The van der Waals surface area contributed by atoms with Crippen molar-refractivity contribution in [3.8, 4) is 11.1 Å². The second kappa shape index (κ2) is 9.76. The van der Waals surface area contributed by atoms with Gasteiger partial charge in [0.05, 0.1) is 16.9 Å². The molecule has 9 nitrogen and oxygen atoms in total. The van der Waals surface area contributed by atoms with Crippen LogP contribution in [0.15, 0.2) is 36.9 Å². The Morgan fingerprint density at radius 3 is 2.58 bits per heavy atom. The summed E-state index contributed by atoms with van der Waals surface area (Å²) in [5.41, 5.74) is 1.86. The van der Waals surface area contributed by atoms with Crippen LogP contribution in [0.25, 0.3) is 22.2 Å². The van der Waals surface area contributed by atoms with Gasteiger partial charge in [-0.15, -0.1) is 0 Å². The number of nitrogens with zero attached hydrogens (tertiary/aromatic N) is 2. The fourth-order valence-corrected chi connectivity index (χ4v) is 3.71. The predicted octanol–water partition coefficient (Wildman–Crippen LogP) is 2.99. The maximum absolute atomic E-state index is 12.5. The minimum Gasteiger partial charge on any atom is -0.388 e. The summed E-state index contributed by atoms with van der Waals surface area (Å²) in [6, 6.07) is 2.49. The molecule has 0 aliphatic heterocycles. The number of halogens is 3. The standard InChI is InChI=1S/C24H27F3N6O3/c1-13(2)19(22(35)32-12-24(25,26)27)33-16-5-14(7-28-9-16)18-10-30-20-17(18)6-15(8-29-20)21(34)31-11-23(36)3-4-23/h5-10,13,19,33,36H,3-4,11-12H2,1-2H3,(H,29,30)(H,31,34)(H,32,35)/t19-/m1/s1. The number of amides is 2. The van der Waals surface area contributed by atoms with Crippen molar-refractivity contribution in [3.05, 3.63) is 42.5 Å². The molecule has 1 fully saturated rings. The van der Waals surface area contributed by atoms with Crippen LogP contribution in [0.4, 0.5) is 18.9 Å². The molecular formula is C24H27F3N6O3. The molecule has 5 N–H and O–H groups in total. The number of nitrogens with one attached hydrogen (secondary N) is 4. The minimum atomic E-state index is -4.50. The zero-order valence-electron chi connectivity index (χ0n) is 19.7. The second-order valence-corrected chi connectivity index (χ2v) is 9.39. The lowest BCUT2D eigenvalue weighted by molar-refractivity contribution is -0.139. The molecule has 0 aromatic carbocycles. The summed E-state index contributed by atoms with van der Waals surface area (Å²) in [7, 11) is 0. The molecular weight excluding hydrogens is 477 g/mol. The van der Waals surface area contributed by atoms with E-state index in [-0.39, 0.29) is 18.4 Å². The van der Waals surface area contributed by atoms with Gasteiger partial charge in [-0.2, -0.15) is 13.2 Å². The Hall–Kier alpha value is -3.67. The van der Waals surface area contributed by atoms with E-state index in [1.165, 1.54) is 12.4 Å². The van der Waals surface area contributed by atoms with Crippen LogP contribution >= 0.6 is 0 Å².